The standard InChI is InChI=1S/C18H27NO2/c1-18(2,12-17(20)21-3)11-16(19)15-9-8-13-6-4-5-7-14(13)10-15/h8-10,16H,4-7,11-12,19H2,1-3H3. The average molecular weight is 289 g/mol. The lowest BCUT2D eigenvalue weighted by Gasteiger charge is -2.28. The number of methoxy groups -OCH3 is 1. The Bertz CT molecular complexity index is 508. The van der Waals surface area contributed by atoms with Gasteiger partial charge in [-0.1, -0.05) is 32.0 Å². The smallest absolute Gasteiger partial charge is 0.306 e. The number of carbonyl (C=O) groups is 1. The van der Waals surface area contributed by atoms with Gasteiger partial charge in [0.05, 0.1) is 13.5 Å². The molecule has 0 bridgehead atoms. The molecule has 1 atom stereocenters. The van der Waals surface area contributed by atoms with Gasteiger partial charge in [-0.25, -0.2) is 0 Å². The predicted molar refractivity (Wildman–Crippen MR) is 85.0 cm³/mol. The second kappa shape index (κ2) is 6.61. The molecule has 2 rings (SSSR count). The zero-order valence-electron chi connectivity index (χ0n) is 13.4. The van der Waals surface area contributed by atoms with Gasteiger partial charge in [-0.05, 0) is 54.2 Å². The Balaban J connectivity index is 2.06. The van der Waals surface area contributed by atoms with E-state index in [2.05, 4.69) is 32.0 Å². The van der Waals surface area contributed by atoms with Gasteiger partial charge in [0.2, 0.25) is 0 Å². The van der Waals surface area contributed by atoms with Crippen LogP contribution >= 0.6 is 0 Å². The summed E-state index contributed by atoms with van der Waals surface area (Å²) in [5.74, 6) is -0.169. The number of hydrogen-bond donors (Lipinski definition) is 1. The number of hydrogen-bond acceptors (Lipinski definition) is 3. The van der Waals surface area contributed by atoms with Crippen molar-refractivity contribution in [2.45, 2.75) is 58.4 Å². The zero-order valence-corrected chi connectivity index (χ0v) is 13.4. The lowest BCUT2D eigenvalue weighted by atomic mass is 9.80. The van der Waals surface area contributed by atoms with E-state index in [-0.39, 0.29) is 17.4 Å². The second-order valence-electron chi connectivity index (χ2n) is 6.96. The molecule has 1 aromatic carbocycles. The van der Waals surface area contributed by atoms with E-state index in [9.17, 15) is 4.79 Å². The normalized spacial score (nSPS) is 16.2. The maximum atomic E-state index is 11.5. The fraction of sp³-hybridized carbons (Fsp3) is 0.611. The minimum atomic E-state index is -0.169. The average Bonchev–Trinajstić information content (AvgIpc) is 2.45. The maximum absolute atomic E-state index is 11.5. The van der Waals surface area contributed by atoms with Crippen molar-refractivity contribution in [1.29, 1.82) is 0 Å². The highest BCUT2D eigenvalue weighted by molar-refractivity contribution is 5.69. The SMILES string of the molecule is COC(=O)CC(C)(C)CC(N)c1ccc2c(c1)CCCC2. The minimum Gasteiger partial charge on any atom is -0.469 e. The van der Waals surface area contributed by atoms with E-state index in [1.807, 2.05) is 0 Å². The number of benzene rings is 1. The van der Waals surface area contributed by atoms with Gasteiger partial charge < -0.3 is 10.5 Å². The molecule has 0 fully saturated rings. The van der Waals surface area contributed by atoms with Crippen LogP contribution in [0.25, 0.3) is 0 Å². The molecule has 1 aliphatic carbocycles. The van der Waals surface area contributed by atoms with Crippen molar-refractivity contribution in [3.8, 4) is 0 Å². The number of rotatable bonds is 5. The van der Waals surface area contributed by atoms with E-state index in [1.54, 1.807) is 0 Å². The van der Waals surface area contributed by atoms with E-state index in [1.165, 1.54) is 49.5 Å². The molecule has 3 nitrogen and oxygen atoms in total. The van der Waals surface area contributed by atoms with Crippen LogP contribution in [0.4, 0.5) is 0 Å². The van der Waals surface area contributed by atoms with Crippen LogP contribution in [-0.4, -0.2) is 13.1 Å². The highest BCUT2D eigenvalue weighted by Gasteiger charge is 2.26. The molecule has 1 unspecified atom stereocenters. The first kappa shape index (κ1) is 16.0. The Morgan fingerprint density at radius 2 is 1.95 bits per heavy atom. The van der Waals surface area contributed by atoms with Crippen LogP contribution < -0.4 is 5.73 Å². The summed E-state index contributed by atoms with van der Waals surface area (Å²) in [6.45, 7) is 4.14. The molecule has 0 saturated carbocycles. The van der Waals surface area contributed by atoms with Crippen molar-refractivity contribution < 1.29 is 9.53 Å². The monoisotopic (exact) mass is 289 g/mol. The van der Waals surface area contributed by atoms with Gasteiger partial charge in [0.15, 0.2) is 0 Å². The lowest BCUT2D eigenvalue weighted by molar-refractivity contribution is -0.143. The van der Waals surface area contributed by atoms with Crippen molar-refractivity contribution in [1.82, 2.24) is 0 Å². The molecular formula is C18H27NO2. The molecule has 0 aliphatic heterocycles. The van der Waals surface area contributed by atoms with E-state index in [0.717, 1.165) is 6.42 Å². The fourth-order valence-electron chi connectivity index (χ4n) is 3.23. The number of esters is 1. The molecule has 0 radical (unpaired) electrons. The van der Waals surface area contributed by atoms with Crippen LogP contribution in [0.1, 0.15) is 62.3 Å². The van der Waals surface area contributed by atoms with E-state index in [0.29, 0.717) is 6.42 Å². The molecule has 116 valence electrons. The highest BCUT2D eigenvalue weighted by atomic mass is 16.5. The summed E-state index contributed by atoms with van der Waals surface area (Å²) in [4.78, 5) is 11.5. The molecule has 2 N–H and O–H groups in total. The number of nitrogens with two attached hydrogens (primary N) is 1. The van der Waals surface area contributed by atoms with Gasteiger partial charge in [0, 0.05) is 6.04 Å². The third-order valence-corrected chi connectivity index (χ3v) is 4.42. The van der Waals surface area contributed by atoms with Crippen molar-refractivity contribution >= 4 is 5.97 Å². The Kier molecular flexibility index (Phi) is 5.04. The summed E-state index contributed by atoms with van der Waals surface area (Å²) in [5, 5.41) is 0. The first-order valence-corrected chi connectivity index (χ1v) is 7.85. The largest absolute Gasteiger partial charge is 0.469 e. The van der Waals surface area contributed by atoms with Crippen LogP contribution in [0.2, 0.25) is 0 Å². The van der Waals surface area contributed by atoms with Crippen LogP contribution in [-0.2, 0) is 22.4 Å². The molecular weight excluding hydrogens is 262 g/mol. The van der Waals surface area contributed by atoms with E-state index in [4.69, 9.17) is 10.5 Å². The van der Waals surface area contributed by atoms with Gasteiger partial charge in [-0.2, -0.15) is 0 Å². The summed E-state index contributed by atoms with van der Waals surface area (Å²) in [7, 11) is 1.43. The Morgan fingerprint density at radius 3 is 2.62 bits per heavy atom. The molecule has 0 heterocycles. The Labute approximate surface area is 127 Å². The number of ether oxygens (including phenoxy) is 1. The molecule has 0 saturated heterocycles. The van der Waals surface area contributed by atoms with Crippen molar-refractivity contribution in [3.05, 3.63) is 34.9 Å². The summed E-state index contributed by atoms with van der Waals surface area (Å²) in [6.07, 6.45) is 6.12. The minimum absolute atomic E-state index is 0.0307. The maximum Gasteiger partial charge on any atom is 0.306 e. The first-order valence-electron chi connectivity index (χ1n) is 7.85. The lowest BCUT2D eigenvalue weighted by Crippen LogP contribution is -2.24. The van der Waals surface area contributed by atoms with Gasteiger partial charge in [-0.15, -0.1) is 0 Å². The number of aryl methyl sites for hydroxylation is 2. The van der Waals surface area contributed by atoms with Crippen LogP contribution in [0.5, 0.6) is 0 Å². The summed E-state index contributed by atoms with van der Waals surface area (Å²) in [5.41, 5.74) is 10.4. The van der Waals surface area contributed by atoms with Crippen molar-refractivity contribution in [2.75, 3.05) is 7.11 Å². The van der Waals surface area contributed by atoms with Gasteiger partial charge in [-0.3, -0.25) is 4.79 Å². The van der Waals surface area contributed by atoms with Gasteiger partial charge in [0.1, 0.15) is 0 Å². The molecule has 21 heavy (non-hydrogen) atoms. The molecule has 1 aliphatic rings. The summed E-state index contributed by atoms with van der Waals surface area (Å²) in [6, 6.07) is 6.63. The Morgan fingerprint density at radius 1 is 1.29 bits per heavy atom. The van der Waals surface area contributed by atoms with Crippen molar-refractivity contribution in [3.63, 3.8) is 0 Å². The molecule has 0 spiro atoms. The third kappa shape index (κ3) is 4.31. The number of fused-ring (bicyclic) bond motifs is 1. The molecule has 0 amide bonds. The third-order valence-electron chi connectivity index (χ3n) is 4.42. The fourth-order valence-corrected chi connectivity index (χ4v) is 3.23. The summed E-state index contributed by atoms with van der Waals surface area (Å²) < 4.78 is 4.77. The molecule has 1 aromatic rings. The Hall–Kier alpha value is -1.35. The zero-order chi connectivity index (χ0) is 15.5. The second-order valence-corrected chi connectivity index (χ2v) is 6.96. The van der Waals surface area contributed by atoms with Gasteiger partial charge >= 0.3 is 5.97 Å². The number of carbonyl (C=O) groups excluding carboxylic acids is 1. The summed E-state index contributed by atoms with van der Waals surface area (Å²) >= 11 is 0. The van der Waals surface area contributed by atoms with E-state index >= 15 is 0 Å². The highest BCUT2D eigenvalue weighted by Crippen LogP contribution is 2.33. The topological polar surface area (TPSA) is 52.3 Å². The predicted octanol–water partition coefficient (Wildman–Crippen LogP) is 3.54. The quantitative estimate of drug-likeness (QED) is 0.843. The molecule has 3 heteroatoms. The van der Waals surface area contributed by atoms with Gasteiger partial charge in [0.25, 0.3) is 0 Å². The van der Waals surface area contributed by atoms with Crippen LogP contribution in [0, 0.1) is 5.41 Å². The van der Waals surface area contributed by atoms with Crippen molar-refractivity contribution in [2.24, 2.45) is 11.1 Å². The van der Waals surface area contributed by atoms with Crippen LogP contribution in [0.3, 0.4) is 0 Å². The van der Waals surface area contributed by atoms with Crippen LogP contribution in [0.15, 0.2) is 18.2 Å². The molecule has 0 aromatic heterocycles. The van der Waals surface area contributed by atoms with E-state index < -0.39 is 0 Å². The first-order chi connectivity index (χ1) is 9.91.